The molecule has 0 aromatic heterocycles. The van der Waals surface area contributed by atoms with Crippen molar-refractivity contribution in [2.75, 3.05) is 26.3 Å². The van der Waals surface area contributed by atoms with Gasteiger partial charge in [0, 0.05) is 13.1 Å². The zero-order valence-corrected chi connectivity index (χ0v) is 5.81. The first-order chi connectivity index (χ1) is 4.27. The molecular formula is C6H14N2O. The molecule has 3 nitrogen and oxygen atoms in total. The lowest BCUT2D eigenvalue weighted by Crippen LogP contribution is -2.56. The lowest BCUT2D eigenvalue weighted by atomic mass is 10.0. The van der Waals surface area contributed by atoms with Crippen LogP contribution in [0.3, 0.4) is 0 Å². The predicted molar refractivity (Wildman–Crippen MR) is 36.3 cm³/mol. The van der Waals surface area contributed by atoms with Crippen molar-refractivity contribution in [2.24, 2.45) is 5.73 Å². The van der Waals surface area contributed by atoms with Gasteiger partial charge in [-0.2, -0.15) is 0 Å². The van der Waals surface area contributed by atoms with E-state index in [1.165, 1.54) is 0 Å². The smallest absolute Gasteiger partial charge is 0.0658 e. The van der Waals surface area contributed by atoms with Crippen LogP contribution in [0.25, 0.3) is 0 Å². The van der Waals surface area contributed by atoms with E-state index < -0.39 is 0 Å². The highest BCUT2D eigenvalue weighted by molar-refractivity contribution is 4.85. The molecule has 0 aliphatic carbocycles. The number of rotatable bonds is 1. The van der Waals surface area contributed by atoms with Gasteiger partial charge in [-0.15, -0.1) is 0 Å². The van der Waals surface area contributed by atoms with E-state index in [1.54, 1.807) is 0 Å². The van der Waals surface area contributed by atoms with Gasteiger partial charge in [-0.05, 0) is 6.92 Å². The third-order valence-corrected chi connectivity index (χ3v) is 1.67. The molecule has 1 atom stereocenters. The van der Waals surface area contributed by atoms with Crippen molar-refractivity contribution in [3.05, 3.63) is 0 Å². The molecule has 1 unspecified atom stereocenters. The van der Waals surface area contributed by atoms with Crippen LogP contribution in [0.1, 0.15) is 6.92 Å². The number of morpholine rings is 1. The summed E-state index contributed by atoms with van der Waals surface area (Å²) in [7, 11) is 0. The van der Waals surface area contributed by atoms with Crippen molar-refractivity contribution in [2.45, 2.75) is 12.5 Å². The fourth-order valence-electron chi connectivity index (χ4n) is 0.905. The maximum atomic E-state index is 5.50. The average Bonchev–Trinajstić information content (AvgIpc) is 1.90. The summed E-state index contributed by atoms with van der Waals surface area (Å²) in [5, 5.41) is 3.30. The topological polar surface area (TPSA) is 47.3 Å². The van der Waals surface area contributed by atoms with Crippen molar-refractivity contribution in [1.82, 2.24) is 5.32 Å². The van der Waals surface area contributed by atoms with Crippen LogP contribution in [0.2, 0.25) is 0 Å². The summed E-state index contributed by atoms with van der Waals surface area (Å²) in [5.41, 5.74) is 5.52. The summed E-state index contributed by atoms with van der Waals surface area (Å²) < 4.78 is 5.23. The Balaban J connectivity index is 2.37. The minimum absolute atomic E-state index is 0.0260. The first kappa shape index (κ1) is 6.99. The Morgan fingerprint density at radius 2 is 2.56 bits per heavy atom. The average molecular weight is 130 g/mol. The molecule has 9 heavy (non-hydrogen) atoms. The summed E-state index contributed by atoms with van der Waals surface area (Å²) in [6, 6.07) is 0. The van der Waals surface area contributed by atoms with E-state index in [0.717, 1.165) is 19.8 Å². The molecule has 3 N–H and O–H groups in total. The maximum absolute atomic E-state index is 5.50. The van der Waals surface area contributed by atoms with Gasteiger partial charge in [0.25, 0.3) is 0 Å². The molecule has 0 aromatic rings. The standard InChI is InChI=1S/C6H14N2O/c1-6(4-7)5-9-3-2-8-6/h8H,2-5,7H2,1H3. The molecule has 1 aliphatic rings. The van der Waals surface area contributed by atoms with E-state index in [2.05, 4.69) is 12.2 Å². The van der Waals surface area contributed by atoms with Crippen LogP contribution in [0, 0.1) is 0 Å². The molecule has 0 radical (unpaired) electrons. The highest BCUT2D eigenvalue weighted by Crippen LogP contribution is 2.04. The Morgan fingerprint density at radius 1 is 1.78 bits per heavy atom. The number of nitrogens with two attached hydrogens (primary N) is 1. The van der Waals surface area contributed by atoms with Crippen LogP contribution in [-0.2, 0) is 4.74 Å². The van der Waals surface area contributed by atoms with E-state index >= 15 is 0 Å². The third-order valence-electron chi connectivity index (χ3n) is 1.67. The second-order valence-corrected chi connectivity index (χ2v) is 2.74. The molecule has 1 rings (SSSR count). The Bertz CT molecular complexity index is 89.1. The van der Waals surface area contributed by atoms with Gasteiger partial charge < -0.3 is 15.8 Å². The molecule has 0 bridgehead atoms. The molecule has 3 heteroatoms. The third kappa shape index (κ3) is 1.64. The Kier molecular flexibility index (Phi) is 2.05. The van der Waals surface area contributed by atoms with Gasteiger partial charge in [-0.3, -0.25) is 0 Å². The van der Waals surface area contributed by atoms with Crippen LogP contribution in [0.5, 0.6) is 0 Å². The fourth-order valence-corrected chi connectivity index (χ4v) is 0.905. The summed E-state index contributed by atoms with van der Waals surface area (Å²) in [4.78, 5) is 0. The lowest BCUT2D eigenvalue weighted by molar-refractivity contribution is 0.0393. The molecule has 1 heterocycles. The van der Waals surface area contributed by atoms with Gasteiger partial charge in [0.15, 0.2) is 0 Å². The number of ether oxygens (including phenoxy) is 1. The van der Waals surface area contributed by atoms with Crippen molar-refractivity contribution >= 4 is 0 Å². The highest BCUT2D eigenvalue weighted by atomic mass is 16.5. The second-order valence-electron chi connectivity index (χ2n) is 2.74. The first-order valence-corrected chi connectivity index (χ1v) is 3.30. The van der Waals surface area contributed by atoms with E-state index in [0.29, 0.717) is 6.54 Å². The first-order valence-electron chi connectivity index (χ1n) is 3.30. The van der Waals surface area contributed by atoms with Crippen LogP contribution >= 0.6 is 0 Å². The van der Waals surface area contributed by atoms with E-state index in [9.17, 15) is 0 Å². The monoisotopic (exact) mass is 130 g/mol. The van der Waals surface area contributed by atoms with Gasteiger partial charge in [-0.25, -0.2) is 0 Å². The molecule has 1 fully saturated rings. The number of hydrogen-bond donors (Lipinski definition) is 2. The zero-order chi connectivity index (χ0) is 6.74. The number of hydrogen-bond acceptors (Lipinski definition) is 3. The molecule has 54 valence electrons. The Labute approximate surface area is 55.6 Å². The largest absolute Gasteiger partial charge is 0.378 e. The maximum Gasteiger partial charge on any atom is 0.0658 e. The quantitative estimate of drug-likeness (QED) is 0.494. The molecule has 1 aliphatic heterocycles. The summed E-state index contributed by atoms with van der Waals surface area (Å²) in [6.45, 7) is 5.20. The van der Waals surface area contributed by atoms with Crippen LogP contribution in [-0.4, -0.2) is 31.8 Å². The van der Waals surface area contributed by atoms with Crippen LogP contribution in [0.4, 0.5) is 0 Å². The normalized spacial score (nSPS) is 36.7. The summed E-state index contributed by atoms with van der Waals surface area (Å²) in [6.07, 6.45) is 0. The van der Waals surface area contributed by atoms with Crippen LogP contribution in [0.15, 0.2) is 0 Å². The van der Waals surface area contributed by atoms with Crippen LogP contribution < -0.4 is 11.1 Å². The minimum Gasteiger partial charge on any atom is -0.378 e. The fraction of sp³-hybridized carbons (Fsp3) is 1.00. The van der Waals surface area contributed by atoms with Crippen molar-refractivity contribution < 1.29 is 4.74 Å². The summed E-state index contributed by atoms with van der Waals surface area (Å²) >= 11 is 0. The molecular weight excluding hydrogens is 116 g/mol. The van der Waals surface area contributed by atoms with Gasteiger partial charge in [0.2, 0.25) is 0 Å². The SMILES string of the molecule is CC1(CN)COCCN1. The highest BCUT2D eigenvalue weighted by Gasteiger charge is 2.24. The molecule has 0 spiro atoms. The Hall–Kier alpha value is -0.120. The Morgan fingerprint density at radius 3 is 2.89 bits per heavy atom. The molecule has 1 saturated heterocycles. The second kappa shape index (κ2) is 2.64. The van der Waals surface area contributed by atoms with E-state index in [4.69, 9.17) is 10.5 Å². The lowest BCUT2D eigenvalue weighted by Gasteiger charge is -2.33. The van der Waals surface area contributed by atoms with Gasteiger partial charge in [0.05, 0.1) is 18.8 Å². The van der Waals surface area contributed by atoms with Gasteiger partial charge >= 0.3 is 0 Å². The van der Waals surface area contributed by atoms with Crippen molar-refractivity contribution in [3.63, 3.8) is 0 Å². The van der Waals surface area contributed by atoms with Crippen molar-refractivity contribution in [3.8, 4) is 0 Å². The van der Waals surface area contributed by atoms with E-state index in [1.807, 2.05) is 0 Å². The zero-order valence-electron chi connectivity index (χ0n) is 5.81. The van der Waals surface area contributed by atoms with Gasteiger partial charge in [0.1, 0.15) is 0 Å². The summed E-state index contributed by atoms with van der Waals surface area (Å²) in [5.74, 6) is 0. The molecule has 0 amide bonds. The molecule has 0 saturated carbocycles. The van der Waals surface area contributed by atoms with Crippen molar-refractivity contribution in [1.29, 1.82) is 0 Å². The predicted octanol–water partition coefficient (Wildman–Crippen LogP) is -0.676. The van der Waals surface area contributed by atoms with E-state index in [-0.39, 0.29) is 5.54 Å². The molecule has 0 aromatic carbocycles. The van der Waals surface area contributed by atoms with Gasteiger partial charge in [-0.1, -0.05) is 0 Å². The number of nitrogens with one attached hydrogen (secondary N) is 1. The minimum atomic E-state index is 0.0260.